The molecule has 0 amide bonds. The summed E-state index contributed by atoms with van der Waals surface area (Å²) in [6.07, 6.45) is 0. The van der Waals surface area contributed by atoms with Crippen molar-refractivity contribution in [2.24, 2.45) is 0 Å². The van der Waals surface area contributed by atoms with E-state index in [2.05, 4.69) is 23.7 Å². The van der Waals surface area contributed by atoms with E-state index < -0.39 is 0 Å². The van der Waals surface area contributed by atoms with Crippen LogP contribution in [0.3, 0.4) is 0 Å². The Bertz CT molecular complexity index is 763. The average molecular weight is 274 g/mol. The van der Waals surface area contributed by atoms with Crippen LogP contribution in [0.15, 0.2) is 48.5 Å². The molecule has 0 radical (unpaired) electrons. The monoisotopic (exact) mass is 274 g/mol. The lowest BCUT2D eigenvalue weighted by molar-refractivity contribution is 0.105. The molecular formula is C19H14O2. The number of carbonyl (C=O) groups excluding carboxylic acids is 1. The standard InChI is InChI=1S/C19H14O2/c1-3-6-19(20)18-8-5-4-7-16(18)12-9-15-10-13-17(21-2)14-11-15/h4-5,7-8,10-11,13-14H,1-2H3. The first-order valence-corrected chi connectivity index (χ1v) is 6.47. The van der Waals surface area contributed by atoms with Crippen LogP contribution < -0.4 is 4.74 Å². The van der Waals surface area contributed by atoms with Crippen molar-refractivity contribution in [2.45, 2.75) is 6.92 Å². The summed E-state index contributed by atoms with van der Waals surface area (Å²) in [4.78, 5) is 11.9. The predicted octanol–water partition coefficient (Wildman–Crippen LogP) is 3.30. The maximum atomic E-state index is 11.9. The largest absolute Gasteiger partial charge is 0.497 e. The van der Waals surface area contributed by atoms with Gasteiger partial charge < -0.3 is 4.74 Å². The van der Waals surface area contributed by atoms with E-state index >= 15 is 0 Å². The Morgan fingerprint density at radius 2 is 1.71 bits per heavy atom. The van der Waals surface area contributed by atoms with Gasteiger partial charge in [0, 0.05) is 16.7 Å². The molecule has 0 N–H and O–H groups in total. The van der Waals surface area contributed by atoms with Crippen molar-refractivity contribution in [2.75, 3.05) is 7.11 Å². The molecule has 2 heteroatoms. The highest BCUT2D eigenvalue weighted by Crippen LogP contribution is 2.11. The second-order valence-corrected chi connectivity index (χ2v) is 4.23. The number of hydrogen-bond acceptors (Lipinski definition) is 2. The summed E-state index contributed by atoms with van der Waals surface area (Å²) in [5, 5.41) is 0. The highest BCUT2D eigenvalue weighted by molar-refractivity contribution is 6.10. The molecule has 102 valence electrons. The first-order valence-electron chi connectivity index (χ1n) is 6.47. The van der Waals surface area contributed by atoms with Crippen LogP contribution in [0.25, 0.3) is 0 Å². The van der Waals surface area contributed by atoms with Crippen LogP contribution in [0, 0.1) is 23.7 Å². The second-order valence-electron chi connectivity index (χ2n) is 4.23. The van der Waals surface area contributed by atoms with E-state index in [0.717, 1.165) is 11.3 Å². The van der Waals surface area contributed by atoms with Crippen molar-refractivity contribution in [3.63, 3.8) is 0 Å². The smallest absolute Gasteiger partial charge is 0.237 e. The predicted molar refractivity (Wildman–Crippen MR) is 83.2 cm³/mol. The number of rotatable bonds is 2. The zero-order valence-corrected chi connectivity index (χ0v) is 11.9. The zero-order chi connectivity index (χ0) is 15.1. The molecule has 0 aliphatic carbocycles. The highest BCUT2D eigenvalue weighted by Gasteiger charge is 2.06. The molecule has 0 saturated heterocycles. The van der Waals surface area contributed by atoms with Gasteiger partial charge in [0.25, 0.3) is 0 Å². The summed E-state index contributed by atoms with van der Waals surface area (Å²) >= 11 is 0. The average Bonchev–Trinajstić information content (AvgIpc) is 2.54. The van der Waals surface area contributed by atoms with E-state index in [-0.39, 0.29) is 5.78 Å². The number of ketones is 1. The molecule has 2 aromatic carbocycles. The first kappa shape index (κ1) is 14.4. The third-order valence-electron chi connectivity index (χ3n) is 2.84. The van der Waals surface area contributed by atoms with Crippen LogP contribution >= 0.6 is 0 Å². The number of ether oxygens (including phenoxy) is 1. The van der Waals surface area contributed by atoms with Crippen LogP contribution in [0.4, 0.5) is 0 Å². The fraction of sp³-hybridized carbons (Fsp3) is 0.105. The number of benzene rings is 2. The van der Waals surface area contributed by atoms with Crippen molar-refractivity contribution in [3.8, 4) is 29.4 Å². The molecule has 2 aromatic rings. The maximum absolute atomic E-state index is 11.9. The molecule has 2 nitrogen and oxygen atoms in total. The third kappa shape index (κ3) is 3.75. The molecule has 0 aliphatic heterocycles. The fourth-order valence-electron chi connectivity index (χ4n) is 1.78. The first-order chi connectivity index (χ1) is 10.2. The molecule has 0 fully saturated rings. The topological polar surface area (TPSA) is 26.3 Å². The lowest BCUT2D eigenvalue weighted by Crippen LogP contribution is -1.98. The van der Waals surface area contributed by atoms with Gasteiger partial charge in [0.15, 0.2) is 0 Å². The maximum Gasteiger partial charge on any atom is 0.237 e. The lowest BCUT2D eigenvalue weighted by atomic mass is 10.0. The van der Waals surface area contributed by atoms with Gasteiger partial charge in [0.1, 0.15) is 5.75 Å². The number of hydrogen-bond donors (Lipinski definition) is 0. The Hall–Kier alpha value is -2.97. The second kappa shape index (κ2) is 6.98. The lowest BCUT2D eigenvalue weighted by Gasteiger charge is -1.99. The fourth-order valence-corrected chi connectivity index (χ4v) is 1.78. The van der Waals surface area contributed by atoms with Gasteiger partial charge in [-0.1, -0.05) is 29.9 Å². The third-order valence-corrected chi connectivity index (χ3v) is 2.84. The van der Waals surface area contributed by atoms with Gasteiger partial charge in [0.05, 0.1) is 7.11 Å². The minimum Gasteiger partial charge on any atom is -0.497 e. The van der Waals surface area contributed by atoms with Crippen LogP contribution in [0.1, 0.15) is 28.4 Å². The highest BCUT2D eigenvalue weighted by atomic mass is 16.5. The van der Waals surface area contributed by atoms with E-state index in [1.807, 2.05) is 42.5 Å². The molecular weight excluding hydrogens is 260 g/mol. The van der Waals surface area contributed by atoms with E-state index in [9.17, 15) is 4.79 Å². The Kier molecular flexibility index (Phi) is 4.80. The molecule has 0 unspecified atom stereocenters. The van der Waals surface area contributed by atoms with Gasteiger partial charge in [0.2, 0.25) is 5.78 Å². The van der Waals surface area contributed by atoms with Gasteiger partial charge in [-0.3, -0.25) is 4.79 Å². The van der Waals surface area contributed by atoms with Crippen LogP contribution in [0.2, 0.25) is 0 Å². The summed E-state index contributed by atoms with van der Waals surface area (Å²) in [7, 11) is 1.62. The van der Waals surface area contributed by atoms with Crippen molar-refractivity contribution in [1.82, 2.24) is 0 Å². The molecule has 0 aromatic heterocycles. The van der Waals surface area contributed by atoms with Crippen molar-refractivity contribution >= 4 is 5.78 Å². The summed E-state index contributed by atoms with van der Waals surface area (Å²) in [5.74, 6) is 11.8. The van der Waals surface area contributed by atoms with Crippen LogP contribution in [-0.4, -0.2) is 12.9 Å². The van der Waals surface area contributed by atoms with Gasteiger partial charge in [-0.05, 0) is 49.2 Å². The van der Waals surface area contributed by atoms with Crippen molar-refractivity contribution in [3.05, 3.63) is 65.2 Å². The quantitative estimate of drug-likeness (QED) is 0.477. The van der Waals surface area contributed by atoms with Crippen molar-refractivity contribution in [1.29, 1.82) is 0 Å². The van der Waals surface area contributed by atoms with Gasteiger partial charge >= 0.3 is 0 Å². The van der Waals surface area contributed by atoms with Gasteiger partial charge in [-0.15, -0.1) is 0 Å². The molecule has 0 bridgehead atoms. The Morgan fingerprint density at radius 3 is 2.38 bits per heavy atom. The molecule has 2 rings (SSSR count). The van der Waals surface area contributed by atoms with Crippen LogP contribution in [-0.2, 0) is 0 Å². The Morgan fingerprint density at radius 1 is 1.00 bits per heavy atom. The summed E-state index contributed by atoms with van der Waals surface area (Å²) in [6.45, 7) is 1.64. The SMILES string of the molecule is CC#CC(=O)c1ccccc1C#Cc1ccc(OC)cc1. The minimum atomic E-state index is -0.211. The molecule has 0 atom stereocenters. The van der Waals surface area contributed by atoms with Crippen LogP contribution in [0.5, 0.6) is 5.75 Å². The molecule has 0 aliphatic rings. The number of Topliss-reactive ketones (excluding diaryl/α,β-unsaturated/α-hetero) is 1. The van der Waals surface area contributed by atoms with E-state index in [0.29, 0.717) is 11.1 Å². The molecule has 0 saturated carbocycles. The normalized spacial score (nSPS) is 8.86. The molecule has 21 heavy (non-hydrogen) atoms. The number of methoxy groups -OCH3 is 1. The summed E-state index contributed by atoms with van der Waals surface area (Å²) in [6, 6.07) is 14.7. The number of carbonyl (C=O) groups is 1. The van der Waals surface area contributed by atoms with Crippen molar-refractivity contribution < 1.29 is 9.53 Å². The molecule has 0 heterocycles. The molecule has 0 spiro atoms. The van der Waals surface area contributed by atoms with Gasteiger partial charge in [-0.25, -0.2) is 0 Å². The minimum absolute atomic E-state index is 0.211. The zero-order valence-electron chi connectivity index (χ0n) is 11.9. The van der Waals surface area contributed by atoms with E-state index in [4.69, 9.17) is 4.74 Å². The summed E-state index contributed by atoms with van der Waals surface area (Å²) < 4.78 is 5.10. The Balaban J connectivity index is 2.33. The summed E-state index contributed by atoms with van der Waals surface area (Å²) in [5.41, 5.74) is 2.08. The van der Waals surface area contributed by atoms with Gasteiger partial charge in [-0.2, -0.15) is 0 Å². The Labute approximate surface area is 124 Å². The van der Waals surface area contributed by atoms with E-state index in [1.165, 1.54) is 0 Å². The van der Waals surface area contributed by atoms with E-state index in [1.54, 1.807) is 20.1 Å².